The normalized spacial score (nSPS) is 12.3. The summed E-state index contributed by atoms with van der Waals surface area (Å²) < 4.78 is 13.7. The molecule has 4 aromatic rings. The SMILES string of the molecule is CC[C@@H](C)c1nc2ccc(Br)cc2c(=O)n1N=Cc1cc(Cl)c(OCc2cccc(C)c2)c(OC)c1. The van der Waals surface area contributed by atoms with Crippen LogP contribution < -0.4 is 15.0 Å². The predicted octanol–water partition coefficient (Wildman–Crippen LogP) is 7.10. The van der Waals surface area contributed by atoms with Crippen LogP contribution in [-0.2, 0) is 6.61 Å². The average molecular weight is 569 g/mol. The van der Waals surface area contributed by atoms with Gasteiger partial charge >= 0.3 is 0 Å². The molecule has 3 aromatic carbocycles. The van der Waals surface area contributed by atoms with Crippen LogP contribution in [0.1, 0.15) is 48.7 Å². The molecule has 36 heavy (non-hydrogen) atoms. The lowest BCUT2D eigenvalue weighted by atomic mass is 10.1. The monoisotopic (exact) mass is 567 g/mol. The predicted molar refractivity (Wildman–Crippen MR) is 149 cm³/mol. The van der Waals surface area contributed by atoms with Crippen molar-refractivity contribution in [3.63, 3.8) is 0 Å². The molecule has 6 nitrogen and oxygen atoms in total. The van der Waals surface area contributed by atoms with Gasteiger partial charge in [0.2, 0.25) is 0 Å². The van der Waals surface area contributed by atoms with E-state index in [1.807, 2.05) is 44.2 Å². The van der Waals surface area contributed by atoms with Gasteiger partial charge in [-0.15, -0.1) is 0 Å². The fourth-order valence-electron chi connectivity index (χ4n) is 3.82. The van der Waals surface area contributed by atoms with Crippen LogP contribution in [0.5, 0.6) is 11.5 Å². The molecule has 0 aliphatic carbocycles. The Hall–Kier alpha value is -3.16. The molecule has 0 aliphatic heterocycles. The van der Waals surface area contributed by atoms with Gasteiger partial charge in [0.25, 0.3) is 5.56 Å². The summed E-state index contributed by atoms with van der Waals surface area (Å²) in [5.41, 5.74) is 3.26. The van der Waals surface area contributed by atoms with E-state index < -0.39 is 0 Å². The summed E-state index contributed by atoms with van der Waals surface area (Å²) in [4.78, 5) is 18.1. The van der Waals surface area contributed by atoms with Crippen molar-refractivity contribution < 1.29 is 9.47 Å². The lowest BCUT2D eigenvalue weighted by Crippen LogP contribution is -2.23. The maximum absolute atomic E-state index is 13.3. The molecular weight excluding hydrogens is 542 g/mol. The summed E-state index contributed by atoms with van der Waals surface area (Å²) in [6.07, 6.45) is 2.40. The highest BCUT2D eigenvalue weighted by molar-refractivity contribution is 9.10. The van der Waals surface area contributed by atoms with E-state index in [4.69, 9.17) is 26.1 Å². The fraction of sp³-hybridized carbons (Fsp3) is 0.250. The molecule has 0 radical (unpaired) electrons. The van der Waals surface area contributed by atoms with Gasteiger partial charge in [0.15, 0.2) is 11.5 Å². The number of ether oxygens (including phenoxy) is 2. The average Bonchev–Trinajstić information content (AvgIpc) is 2.87. The quantitative estimate of drug-likeness (QED) is 0.213. The van der Waals surface area contributed by atoms with E-state index in [0.29, 0.717) is 45.4 Å². The second kappa shape index (κ2) is 11.3. The second-order valence-electron chi connectivity index (χ2n) is 8.61. The van der Waals surface area contributed by atoms with Crippen molar-refractivity contribution >= 4 is 44.6 Å². The van der Waals surface area contributed by atoms with E-state index in [1.54, 1.807) is 31.5 Å². The van der Waals surface area contributed by atoms with E-state index in [2.05, 4.69) is 34.0 Å². The van der Waals surface area contributed by atoms with Gasteiger partial charge < -0.3 is 9.47 Å². The maximum atomic E-state index is 13.3. The lowest BCUT2D eigenvalue weighted by molar-refractivity contribution is 0.284. The summed E-state index contributed by atoms with van der Waals surface area (Å²) in [5, 5.41) is 5.40. The van der Waals surface area contributed by atoms with Crippen LogP contribution in [0.3, 0.4) is 0 Å². The number of nitrogens with zero attached hydrogens (tertiary/aromatic N) is 3. The van der Waals surface area contributed by atoms with Gasteiger partial charge in [0, 0.05) is 10.4 Å². The summed E-state index contributed by atoms with van der Waals surface area (Å²) in [6.45, 7) is 6.47. The zero-order valence-corrected chi connectivity index (χ0v) is 22.9. The van der Waals surface area contributed by atoms with Crippen molar-refractivity contribution in [1.82, 2.24) is 9.66 Å². The summed E-state index contributed by atoms with van der Waals surface area (Å²) in [6, 6.07) is 17.1. The first-order valence-electron chi connectivity index (χ1n) is 11.6. The Bertz CT molecular complexity index is 1500. The Morgan fingerprint density at radius 2 is 2.00 bits per heavy atom. The molecule has 1 atom stereocenters. The van der Waals surface area contributed by atoms with Crippen molar-refractivity contribution in [1.29, 1.82) is 0 Å². The van der Waals surface area contributed by atoms with E-state index in [1.165, 1.54) is 4.68 Å². The molecule has 0 spiro atoms. The highest BCUT2D eigenvalue weighted by atomic mass is 79.9. The van der Waals surface area contributed by atoms with Gasteiger partial charge in [-0.1, -0.05) is 71.2 Å². The third-order valence-electron chi connectivity index (χ3n) is 5.93. The van der Waals surface area contributed by atoms with Crippen LogP contribution in [0.2, 0.25) is 5.02 Å². The molecule has 1 aromatic heterocycles. The number of hydrogen-bond acceptors (Lipinski definition) is 5. The zero-order valence-electron chi connectivity index (χ0n) is 20.6. The van der Waals surface area contributed by atoms with Gasteiger partial charge in [-0.2, -0.15) is 9.78 Å². The third kappa shape index (κ3) is 5.63. The highest BCUT2D eigenvalue weighted by Gasteiger charge is 2.16. The molecule has 0 aliphatic rings. The van der Waals surface area contributed by atoms with Gasteiger partial charge in [-0.05, 0) is 54.8 Å². The Labute approximate surface area is 223 Å². The smallest absolute Gasteiger partial charge is 0.282 e. The highest BCUT2D eigenvalue weighted by Crippen LogP contribution is 2.36. The van der Waals surface area contributed by atoms with E-state index in [-0.39, 0.29) is 11.5 Å². The first-order valence-corrected chi connectivity index (χ1v) is 12.8. The number of aryl methyl sites for hydroxylation is 1. The Morgan fingerprint density at radius 1 is 1.19 bits per heavy atom. The van der Waals surface area contributed by atoms with Gasteiger partial charge in [-0.25, -0.2) is 4.98 Å². The minimum Gasteiger partial charge on any atom is -0.493 e. The van der Waals surface area contributed by atoms with E-state index >= 15 is 0 Å². The van der Waals surface area contributed by atoms with Crippen LogP contribution in [-0.4, -0.2) is 23.0 Å². The zero-order chi connectivity index (χ0) is 25.8. The van der Waals surface area contributed by atoms with Crippen LogP contribution in [0.25, 0.3) is 10.9 Å². The molecule has 0 unspecified atom stereocenters. The Morgan fingerprint density at radius 3 is 2.72 bits per heavy atom. The van der Waals surface area contributed by atoms with Crippen LogP contribution in [0, 0.1) is 6.92 Å². The molecule has 4 rings (SSSR count). The molecule has 1 heterocycles. The fourth-order valence-corrected chi connectivity index (χ4v) is 4.45. The Balaban J connectivity index is 1.70. The van der Waals surface area contributed by atoms with Crippen molar-refractivity contribution in [3.8, 4) is 11.5 Å². The first kappa shape index (κ1) is 25.9. The molecule has 0 fully saturated rings. The maximum Gasteiger partial charge on any atom is 0.282 e. The number of halogens is 2. The minimum atomic E-state index is -0.232. The largest absolute Gasteiger partial charge is 0.493 e. The van der Waals surface area contributed by atoms with E-state index in [9.17, 15) is 4.79 Å². The molecule has 0 N–H and O–H groups in total. The molecule has 0 saturated carbocycles. The summed E-state index contributed by atoms with van der Waals surface area (Å²) >= 11 is 10.0. The van der Waals surface area contributed by atoms with Crippen molar-refractivity contribution in [2.24, 2.45) is 5.10 Å². The number of hydrogen-bond donors (Lipinski definition) is 0. The van der Waals surface area contributed by atoms with Crippen LogP contribution in [0.15, 0.2) is 69.0 Å². The first-order chi connectivity index (χ1) is 17.3. The summed E-state index contributed by atoms with van der Waals surface area (Å²) in [5.74, 6) is 1.57. The van der Waals surface area contributed by atoms with Crippen LogP contribution in [0.4, 0.5) is 0 Å². The number of fused-ring (bicyclic) bond motifs is 1. The number of rotatable bonds is 8. The number of benzene rings is 3. The molecule has 0 amide bonds. The minimum absolute atomic E-state index is 0.0402. The third-order valence-corrected chi connectivity index (χ3v) is 6.70. The van der Waals surface area contributed by atoms with Crippen molar-refractivity contribution in [3.05, 3.63) is 97.0 Å². The van der Waals surface area contributed by atoms with Gasteiger partial charge in [0.05, 0.1) is 29.2 Å². The van der Waals surface area contributed by atoms with Crippen molar-refractivity contribution in [2.45, 2.75) is 39.7 Å². The standard InChI is InChI=1S/C28H27BrClN3O3/c1-5-18(3)27-32-24-10-9-21(29)14-22(24)28(34)33(27)31-15-20-12-23(30)26(25(13-20)35-4)36-16-19-8-6-7-17(2)11-19/h6-15,18H,5,16H2,1-4H3/t18-/m1/s1. The summed E-state index contributed by atoms with van der Waals surface area (Å²) in [7, 11) is 1.56. The van der Waals surface area contributed by atoms with E-state index in [0.717, 1.165) is 22.0 Å². The Kier molecular flexibility index (Phi) is 8.11. The van der Waals surface area contributed by atoms with Gasteiger partial charge in [0.1, 0.15) is 12.4 Å². The van der Waals surface area contributed by atoms with Gasteiger partial charge in [-0.3, -0.25) is 4.79 Å². The number of aromatic nitrogens is 2. The molecule has 0 saturated heterocycles. The second-order valence-corrected chi connectivity index (χ2v) is 9.94. The number of methoxy groups -OCH3 is 1. The topological polar surface area (TPSA) is 65.7 Å². The molecular formula is C28H27BrClN3O3. The molecule has 0 bridgehead atoms. The van der Waals surface area contributed by atoms with Crippen LogP contribution >= 0.6 is 27.5 Å². The molecule has 8 heteroatoms. The lowest BCUT2D eigenvalue weighted by Gasteiger charge is -2.15. The van der Waals surface area contributed by atoms with Crippen molar-refractivity contribution in [2.75, 3.05) is 7.11 Å². The molecule has 186 valence electrons.